The molecule has 0 bridgehead atoms. The van der Waals surface area contributed by atoms with Crippen molar-refractivity contribution in [1.82, 2.24) is 10.3 Å². The van der Waals surface area contributed by atoms with Crippen LogP contribution in [0.4, 0.5) is 0 Å². The van der Waals surface area contributed by atoms with Crippen LogP contribution in [0.2, 0.25) is 0 Å². The zero-order valence-electron chi connectivity index (χ0n) is 12.7. The average Bonchev–Trinajstić information content (AvgIpc) is 2.76. The Kier molecular flexibility index (Phi) is 6.49. The molecule has 1 aromatic rings. The normalized spacial score (nSPS) is 13.0. The van der Waals surface area contributed by atoms with E-state index in [9.17, 15) is 4.79 Å². The van der Waals surface area contributed by atoms with Crippen LogP contribution in [0.5, 0.6) is 0 Å². The topological polar surface area (TPSA) is 42.0 Å². The smallest absolute Gasteiger partial charge is 0.223 e. The van der Waals surface area contributed by atoms with Crippen molar-refractivity contribution in [2.75, 3.05) is 0 Å². The molecule has 0 aliphatic rings. The van der Waals surface area contributed by atoms with Gasteiger partial charge in [0.25, 0.3) is 0 Å². The van der Waals surface area contributed by atoms with Crippen LogP contribution >= 0.6 is 11.3 Å². The molecule has 1 atom stereocenters. The van der Waals surface area contributed by atoms with Crippen LogP contribution in [0.25, 0.3) is 0 Å². The summed E-state index contributed by atoms with van der Waals surface area (Å²) in [6.45, 7) is 10.5. The van der Waals surface area contributed by atoms with Crippen molar-refractivity contribution in [3.63, 3.8) is 0 Å². The Bertz CT molecular complexity index is 397. The molecule has 1 N–H and O–H groups in total. The van der Waals surface area contributed by atoms with Gasteiger partial charge in [-0.25, -0.2) is 4.98 Å². The maximum absolute atomic E-state index is 12.2. The molecule has 0 aliphatic heterocycles. The van der Waals surface area contributed by atoms with Crippen LogP contribution < -0.4 is 5.32 Å². The molecule has 1 amide bonds. The summed E-state index contributed by atoms with van der Waals surface area (Å²) in [5.74, 6) is 0.829. The molecule has 0 saturated heterocycles. The first-order valence-corrected chi connectivity index (χ1v) is 8.08. The number of rotatable bonds is 7. The Morgan fingerprint density at radius 3 is 2.42 bits per heavy atom. The average molecular weight is 282 g/mol. The number of amides is 1. The van der Waals surface area contributed by atoms with E-state index in [1.165, 1.54) is 0 Å². The van der Waals surface area contributed by atoms with Crippen molar-refractivity contribution in [3.8, 4) is 0 Å². The van der Waals surface area contributed by atoms with Gasteiger partial charge in [-0.15, -0.1) is 11.3 Å². The van der Waals surface area contributed by atoms with E-state index in [2.05, 4.69) is 38.0 Å². The molecule has 108 valence electrons. The van der Waals surface area contributed by atoms with E-state index in [1.807, 2.05) is 12.3 Å². The van der Waals surface area contributed by atoms with Gasteiger partial charge in [0.2, 0.25) is 5.91 Å². The molecule has 0 radical (unpaired) electrons. The number of nitrogens with one attached hydrogen (secondary N) is 1. The number of carbonyl (C=O) groups excluding carboxylic acids is 1. The highest BCUT2D eigenvalue weighted by molar-refractivity contribution is 7.09. The van der Waals surface area contributed by atoms with Crippen LogP contribution in [0, 0.1) is 18.8 Å². The number of hydrogen-bond donors (Lipinski definition) is 1. The molecule has 19 heavy (non-hydrogen) atoms. The summed E-state index contributed by atoms with van der Waals surface area (Å²) in [5.41, 5.74) is 1.03. The number of thiazole rings is 1. The van der Waals surface area contributed by atoms with E-state index in [1.54, 1.807) is 11.3 Å². The third kappa shape index (κ3) is 4.94. The Morgan fingerprint density at radius 1 is 1.37 bits per heavy atom. The van der Waals surface area contributed by atoms with Crippen molar-refractivity contribution in [2.24, 2.45) is 11.8 Å². The highest BCUT2D eigenvalue weighted by Crippen LogP contribution is 2.25. The summed E-state index contributed by atoms with van der Waals surface area (Å²) >= 11 is 1.64. The number of hydrogen-bond acceptors (Lipinski definition) is 3. The van der Waals surface area contributed by atoms with Gasteiger partial charge >= 0.3 is 0 Å². The van der Waals surface area contributed by atoms with Gasteiger partial charge in [0.1, 0.15) is 5.01 Å². The monoisotopic (exact) mass is 282 g/mol. The molecule has 4 heteroatoms. The van der Waals surface area contributed by atoms with Crippen LogP contribution in [0.3, 0.4) is 0 Å². The number of nitrogens with zero attached hydrogens (tertiary/aromatic N) is 1. The Morgan fingerprint density at radius 2 is 2.00 bits per heavy atom. The fourth-order valence-corrected chi connectivity index (χ4v) is 3.03. The van der Waals surface area contributed by atoms with Gasteiger partial charge in [-0.05, 0) is 32.1 Å². The first kappa shape index (κ1) is 16.2. The van der Waals surface area contributed by atoms with Gasteiger partial charge < -0.3 is 5.32 Å². The fourth-order valence-electron chi connectivity index (χ4n) is 2.17. The molecule has 1 aromatic heterocycles. The standard InChI is InChI=1S/C15H26N2OS/c1-6-12(7-2)14(18)17-13(8-10(3)4)15-16-11(5)9-19-15/h9-10,12-13H,6-8H2,1-5H3,(H,17,18). The molecule has 0 aromatic carbocycles. The molecule has 1 rings (SSSR count). The SMILES string of the molecule is CCC(CC)C(=O)NC(CC(C)C)c1nc(C)cs1. The minimum atomic E-state index is 0.0619. The summed E-state index contributed by atoms with van der Waals surface area (Å²) in [5, 5.41) is 6.27. The molecular formula is C15H26N2OS. The van der Waals surface area contributed by atoms with E-state index in [0.29, 0.717) is 5.92 Å². The van der Waals surface area contributed by atoms with Crippen molar-refractivity contribution < 1.29 is 4.79 Å². The first-order chi connectivity index (χ1) is 8.97. The second kappa shape index (κ2) is 7.63. The molecule has 0 saturated carbocycles. The van der Waals surface area contributed by atoms with E-state index in [0.717, 1.165) is 30.0 Å². The Balaban J connectivity index is 2.78. The summed E-state index contributed by atoms with van der Waals surface area (Å²) in [7, 11) is 0. The van der Waals surface area contributed by atoms with Crippen molar-refractivity contribution in [2.45, 2.75) is 59.9 Å². The predicted molar refractivity (Wildman–Crippen MR) is 81.3 cm³/mol. The minimum Gasteiger partial charge on any atom is -0.347 e. The van der Waals surface area contributed by atoms with E-state index in [-0.39, 0.29) is 17.9 Å². The lowest BCUT2D eigenvalue weighted by Gasteiger charge is -2.21. The lowest BCUT2D eigenvalue weighted by molar-refractivity contribution is -0.126. The van der Waals surface area contributed by atoms with E-state index >= 15 is 0 Å². The van der Waals surface area contributed by atoms with Crippen molar-refractivity contribution in [3.05, 3.63) is 16.1 Å². The third-order valence-corrected chi connectivity index (χ3v) is 4.39. The highest BCUT2D eigenvalue weighted by Gasteiger charge is 2.22. The molecule has 0 aliphatic carbocycles. The van der Waals surface area contributed by atoms with Gasteiger partial charge in [-0.2, -0.15) is 0 Å². The van der Waals surface area contributed by atoms with E-state index in [4.69, 9.17) is 0 Å². The largest absolute Gasteiger partial charge is 0.347 e. The fraction of sp³-hybridized carbons (Fsp3) is 0.733. The van der Waals surface area contributed by atoms with E-state index < -0.39 is 0 Å². The maximum atomic E-state index is 12.2. The quantitative estimate of drug-likeness (QED) is 0.818. The molecule has 0 spiro atoms. The van der Waals surface area contributed by atoms with Crippen LogP contribution in [0.15, 0.2) is 5.38 Å². The van der Waals surface area contributed by atoms with Gasteiger partial charge in [0.05, 0.1) is 6.04 Å². The Hall–Kier alpha value is -0.900. The summed E-state index contributed by atoms with van der Waals surface area (Å²) in [4.78, 5) is 16.8. The molecule has 1 unspecified atom stereocenters. The van der Waals surface area contributed by atoms with Gasteiger partial charge in [0, 0.05) is 17.0 Å². The van der Waals surface area contributed by atoms with Gasteiger partial charge in [-0.1, -0.05) is 27.7 Å². The third-order valence-electron chi connectivity index (χ3n) is 3.31. The van der Waals surface area contributed by atoms with Crippen LogP contribution in [-0.2, 0) is 4.79 Å². The zero-order chi connectivity index (χ0) is 14.4. The second-order valence-corrected chi connectivity index (χ2v) is 6.42. The summed E-state index contributed by atoms with van der Waals surface area (Å²) in [6, 6.07) is 0.0619. The molecule has 3 nitrogen and oxygen atoms in total. The minimum absolute atomic E-state index is 0.0619. The molecule has 0 fully saturated rings. The molecular weight excluding hydrogens is 256 g/mol. The lowest BCUT2D eigenvalue weighted by atomic mass is 10.00. The van der Waals surface area contributed by atoms with Crippen molar-refractivity contribution in [1.29, 1.82) is 0 Å². The van der Waals surface area contributed by atoms with Crippen molar-refractivity contribution >= 4 is 17.2 Å². The predicted octanol–water partition coefficient (Wildman–Crippen LogP) is 4.09. The van der Waals surface area contributed by atoms with Gasteiger partial charge in [-0.3, -0.25) is 4.79 Å². The Labute approximate surface area is 120 Å². The summed E-state index contributed by atoms with van der Waals surface area (Å²) < 4.78 is 0. The lowest BCUT2D eigenvalue weighted by Crippen LogP contribution is -2.34. The second-order valence-electron chi connectivity index (χ2n) is 5.53. The summed E-state index contributed by atoms with van der Waals surface area (Å²) in [6.07, 6.45) is 2.74. The van der Waals surface area contributed by atoms with Crippen LogP contribution in [0.1, 0.15) is 63.7 Å². The number of aromatic nitrogens is 1. The molecule has 1 heterocycles. The highest BCUT2D eigenvalue weighted by atomic mass is 32.1. The first-order valence-electron chi connectivity index (χ1n) is 7.20. The van der Waals surface area contributed by atoms with Gasteiger partial charge in [0.15, 0.2) is 0 Å². The zero-order valence-corrected chi connectivity index (χ0v) is 13.5. The number of carbonyl (C=O) groups is 1. The van der Waals surface area contributed by atoms with Crippen LogP contribution in [-0.4, -0.2) is 10.9 Å². The number of aryl methyl sites for hydroxylation is 1. The maximum Gasteiger partial charge on any atom is 0.223 e.